The summed E-state index contributed by atoms with van der Waals surface area (Å²) in [5.41, 5.74) is 9.52. The van der Waals surface area contributed by atoms with E-state index in [4.69, 9.17) is 5.73 Å². The van der Waals surface area contributed by atoms with Crippen molar-refractivity contribution in [3.8, 4) is 11.3 Å². The van der Waals surface area contributed by atoms with Gasteiger partial charge < -0.3 is 5.73 Å². The lowest BCUT2D eigenvalue weighted by Gasteiger charge is -2.29. The normalized spacial score (nSPS) is 17.7. The van der Waals surface area contributed by atoms with Crippen LogP contribution in [0.25, 0.3) is 11.3 Å². The summed E-state index contributed by atoms with van der Waals surface area (Å²) in [6.07, 6.45) is 2.29. The Balaban J connectivity index is 1.96. The summed E-state index contributed by atoms with van der Waals surface area (Å²) in [5, 5.41) is 7.61. The number of hydrogen-bond acceptors (Lipinski definition) is 2. The van der Waals surface area contributed by atoms with Crippen LogP contribution in [0.2, 0.25) is 0 Å². The molecule has 0 bridgehead atoms. The van der Waals surface area contributed by atoms with Gasteiger partial charge in [0, 0.05) is 22.2 Å². The van der Waals surface area contributed by atoms with Gasteiger partial charge >= 0.3 is 0 Å². The minimum absolute atomic E-state index is 0.0903. The summed E-state index contributed by atoms with van der Waals surface area (Å²) in [6.45, 7) is 4.20. The molecule has 1 aromatic heterocycles. The number of aromatic nitrogens is 2. The maximum Gasteiger partial charge on any atom is 0.0923 e. The van der Waals surface area contributed by atoms with Gasteiger partial charge in [0.15, 0.2) is 0 Å². The number of aromatic amines is 1. The average Bonchev–Trinajstić information content (AvgIpc) is 3.03. The highest BCUT2D eigenvalue weighted by atomic mass is 15.1. The van der Waals surface area contributed by atoms with E-state index in [-0.39, 0.29) is 11.0 Å². The lowest BCUT2D eigenvalue weighted by Crippen LogP contribution is -2.45. The maximum absolute atomic E-state index is 6.31. The quantitative estimate of drug-likeness (QED) is 0.868. The van der Waals surface area contributed by atoms with Gasteiger partial charge in [-0.3, -0.25) is 5.10 Å². The Morgan fingerprint density at radius 2 is 1.89 bits per heavy atom. The predicted molar refractivity (Wildman–Crippen MR) is 73.2 cm³/mol. The van der Waals surface area contributed by atoms with E-state index in [0.29, 0.717) is 0 Å². The van der Waals surface area contributed by atoms with Crippen LogP contribution in [0.1, 0.15) is 32.4 Å². The van der Waals surface area contributed by atoms with Crippen LogP contribution in [-0.4, -0.2) is 15.7 Å². The average molecular weight is 241 g/mol. The minimum atomic E-state index is -0.201. The molecule has 94 valence electrons. The van der Waals surface area contributed by atoms with Gasteiger partial charge in [-0.2, -0.15) is 5.10 Å². The van der Waals surface area contributed by atoms with E-state index in [1.54, 1.807) is 0 Å². The van der Waals surface area contributed by atoms with Crippen LogP contribution in [0.5, 0.6) is 0 Å². The third kappa shape index (κ3) is 1.66. The van der Waals surface area contributed by atoms with Crippen LogP contribution in [0.15, 0.2) is 36.4 Å². The van der Waals surface area contributed by atoms with Crippen molar-refractivity contribution >= 4 is 0 Å². The molecule has 1 aliphatic rings. The van der Waals surface area contributed by atoms with Crippen molar-refractivity contribution in [3.63, 3.8) is 0 Å². The monoisotopic (exact) mass is 241 g/mol. The SMILES string of the molecule is CC(C)(N)C1(c2cc(-c3ccccc3)n[nH]2)CC1. The van der Waals surface area contributed by atoms with Gasteiger partial charge in [-0.15, -0.1) is 0 Å². The molecule has 0 amide bonds. The lowest BCUT2D eigenvalue weighted by atomic mass is 9.82. The molecular formula is C15H19N3. The Morgan fingerprint density at radius 1 is 1.22 bits per heavy atom. The zero-order chi connectivity index (χ0) is 12.8. The van der Waals surface area contributed by atoms with Crippen LogP contribution in [0, 0.1) is 0 Å². The van der Waals surface area contributed by atoms with Crippen molar-refractivity contribution in [2.75, 3.05) is 0 Å². The van der Waals surface area contributed by atoms with Gasteiger partial charge in [0.2, 0.25) is 0 Å². The van der Waals surface area contributed by atoms with Gasteiger partial charge in [-0.1, -0.05) is 30.3 Å². The van der Waals surface area contributed by atoms with Crippen LogP contribution < -0.4 is 5.73 Å². The number of H-pyrrole nitrogens is 1. The fourth-order valence-corrected chi connectivity index (χ4v) is 2.71. The van der Waals surface area contributed by atoms with E-state index >= 15 is 0 Å². The van der Waals surface area contributed by atoms with E-state index < -0.39 is 0 Å². The number of nitrogens with zero attached hydrogens (tertiary/aromatic N) is 1. The molecule has 3 rings (SSSR count). The van der Waals surface area contributed by atoms with Gasteiger partial charge in [0.05, 0.1) is 5.69 Å². The van der Waals surface area contributed by atoms with Gasteiger partial charge in [0.25, 0.3) is 0 Å². The molecular weight excluding hydrogens is 222 g/mol. The smallest absolute Gasteiger partial charge is 0.0923 e. The molecule has 3 nitrogen and oxygen atoms in total. The first-order valence-corrected chi connectivity index (χ1v) is 6.43. The lowest BCUT2D eigenvalue weighted by molar-refractivity contribution is 0.383. The third-order valence-electron chi connectivity index (χ3n) is 4.15. The molecule has 0 atom stereocenters. The maximum atomic E-state index is 6.31. The molecule has 2 aromatic rings. The van der Waals surface area contributed by atoms with E-state index in [0.717, 1.165) is 24.1 Å². The van der Waals surface area contributed by atoms with Gasteiger partial charge in [-0.05, 0) is 32.8 Å². The number of nitrogens with one attached hydrogen (secondary N) is 1. The molecule has 0 unspecified atom stereocenters. The van der Waals surface area contributed by atoms with Crippen molar-refractivity contribution < 1.29 is 0 Å². The van der Waals surface area contributed by atoms with Crippen molar-refractivity contribution in [3.05, 3.63) is 42.1 Å². The van der Waals surface area contributed by atoms with Gasteiger partial charge in [-0.25, -0.2) is 0 Å². The fraction of sp³-hybridized carbons (Fsp3) is 0.400. The van der Waals surface area contributed by atoms with Crippen LogP contribution in [-0.2, 0) is 5.41 Å². The summed E-state index contributed by atoms with van der Waals surface area (Å²) in [4.78, 5) is 0. The van der Waals surface area contributed by atoms with Crippen molar-refractivity contribution in [2.45, 2.75) is 37.6 Å². The van der Waals surface area contributed by atoms with Gasteiger partial charge in [0.1, 0.15) is 0 Å². The number of rotatable bonds is 3. The Hall–Kier alpha value is -1.61. The molecule has 0 saturated heterocycles. The molecule has 3 heteroatoms. The highest BCUT2D eigenvalue weighted by molar-refractivity contribution is 5.59. The molecule has 0 radical (unpaired) electrons. The molecule has 1 aromatic carbocycles. The molecule has 3 N–H and O–H groups in total. The van der Waals surface area contributed by atoms with E-state index in [9.17, 15) is 0 Å². The number of benzene rings is 1. The topological polar surface area (TPSA) is 54.7 Å². The largest absolute Gasteiger partial charge is 0.325 e. The standard InChI is InChI=1S/C15H19N3/c1-14(2,16)15(8-9-15)13-10-12(17-18-13)11-6-4-3-5-7-11/h3-7,10H,8-9,16H2,1-2H3,(H,17,18). The van der Waals surface area contributed by atoms with E-state index in [1.165, 1.54) is 5.69 Å². The van der Waals surface area contributed by atoms with Crippen LogP contribution >= 0.6 is 0 Å². The number of nitrogens with two attached hydrogens (primary N) is 1. The summed E-state index contributed by atoms with van der Waals surface area (Å²) >= 11 is 0. The Labute approximate surface area is 107 Å². The summed E-state index contributed by atoms with van der Waals surface area (Å²) in [6, 6.07) is 12.4. The molecule has 18 heavy (non-hydrogen) atoms. The van der Waals surface area contributed by atoms with Crippen molar-refractivity contribution in [2.24, 2.45) is 5.73 Å². The van der Waals surface area contributed by atoms with Crippen LogP contribution in [0.3, 0.4) is 0 Å². The minimum Gasteiger partial charge on any atom is -0.325 e. The Bertz CT molecular complexity index is 545. The predicted octanol–water partition coefficient (Wildman–Crippen LogP) is 2.85. The first kappa shape index (κ1) is 11.5. The molecule has 1 fully saturated rings. The summed E-state index contributed by atoms with van der Waals surface area (Å²) in [7, 11) is 0. The third-order valence-corrected chi connectivity index (χ3v) is 4.15. The number of hydrogen-bond donors (Lipinski definition) is 2. The molecule has 0 spiro atoms. The molecule has 1 aliphatic carbocycles. The summed E-state index contributed by atoms with van der Waals surface area (Å²) < 4.78 is 0. The first-order chi connectivity index (χ1) is 8.53. The Morgan fingerprint density at radius 3 is 2.44 bits per heavy atom. The van der Waals surface area contributed by atoms with Crippen molar-refractivity contribution in [1.82, 2.24) is 10.2 Å². The fourth-order valence-electron chi connectivity index (χ4n) is 2.71. The molecule has 1 heterocycles. The summed E-state index contributed by atoms with van der Waals surface area (Å²) in [5.74, 6) is 0. The second kappa shape index (κ2) is 3.69. The van der Waals surface area contributed by atoms with E-state index in [2.05, 4.69) is 42.2 Å². The highest BCUT2D eigenvalue weighted by Crippen LogP contribution is 2.54. The Kier molecular flexibility index (Phi) is 2.35. The molecule has 1 saturated carbocycles. The zero-order valence-corrected chi connectivity index (χ0v) is 10.9. The highest BCUT2D eigenvalue weighted by Gasteiger charge is 2.55. The van der Waals surface area contributed by atoms with Crippen LogP contribution in [0.4, 0.5) is 0 Å². The second-order valence-electron chi connectivity index (χ2n) is 5.84. The zero-order valence-electron chi connectivity index (χ0n) is 10.9. The second-order valence-corrected chi connectivity index (χ2v) is 5.84. The first-order valence-electron chi connectivity index (χ1n) is 6.43. The van der Waals surface area contributed by atoms with E-state index in [1.807, 2.05) is 18.2 Å². The van der Waals surface area contributed by atoms with Crippen molar-refractivity contribution in [1.29, 1.82) is 0 Å². The molecule has 0 aliphatic heterocycles.